The zero-order valence-electron chi connectivity index (χ0n) is 12.3. The highest BCUT2D eigenvalue weighted by Crippen LogP contribution is 2.26. The van der Waals surface area contributed by atoms with E-state index in [2.05, 4.69) is 5.32 Å². The molecule has 2 fully saturated rings. The number of hydrogen-bond acceptors (Lipinski definition) is 3. The summed E-state index contributed by atoms with van der Waals surface area (Å²) in [6, 6.07) is 0.0367. The second-order valence-corrected chi connectivity index (χ2v) is 6.06. The van der Waals surface area contributed by atoms with Crippen molar-refractivity contribution in [1.29, 1.82) is 0 Å². The Morgan fingerprint density at radius 2 is 1.62 bits per heavy atom. The molecule has 118 valence electrons. The fourth-order valence-corrected chi connectivity index (χ4v) is 3.20. The van der Waals surface area contributed by atoms with Crippen molar-refractivity contribution in [2.75, 3.05) is 13.1 Å². The molecule has 1 aliphatic carbocycles. The summed E-state index contributed by atoms with van der Waals surface area (Å²) >= 11 is 0. The molecule has 6 heteroatoms. The quantitative estimate of drug-likeness (QED) is 0.809. The average Bonchev–Trinajstić information content (AvgIpc) is 2.99. The molecule has 0 spiro atoms. The van der Waals surface area contributed by atoms with Crippen molar-refractivity contribution in [3.8, 4) is 0 Å². The number of hydrogen-bond donors (Lipinski definition) is 2. The molecule has 0 bridgehead atoms. The Morgan fingerprint density at radius 1 is 1.00 bits per heavy atom. The Labute approximate surface area is 124 Å². The summed E-state index contributed by atoms with van der Waals surface area (Å²) in [7, 11) is 0. The Hall–Kier alpha value is -1.59. The highest BCUT2D eigenvalue weighted by atomic mass is 16.4. The molecule has 2 amide bonds. The minimum atomic E-state index is -0.901. The standard InChI is InChI=1S/C15H24N2O4/c18-13(11-3-1-2-4-11)5-6-14(19)16-12-7-9-17(10-8-12)15(20)21/h11-12H,1-10H2,(H,16,19)(H,20,21). The Morgan fingerprint density at radius 3 is 2.19 bits per heavy atom. The fourth-order valence-electron chi connectivity index (χ4n) is 3.20. The summed E-state index contributed by atoms with van der Waals surface area (Å²) in [5, 5.41) is 11.8. The maximum Gasteiger partial charge on any atom is 0.407 e. The van der Waals surface area contributed by atoms with Crippen LogP contribution < -0.4 is 5.32 Å². The van der Waals surface area contributed by atoms with Crippen LogP contribution in [0.1, 0.15) is 51.4 Å². The van der Waals surface area contributed by atoms with Gasteiger partial charge in [-0.3, -0.25) is 9.59 Å². The van der Waals surface area contributed by atoms with E-state index in [0.717, 1.165) is 25.7 Å². The van der Waals surface area contributed by atoms with Crippen LogP contribution in [-0.4, -0.2) is 46.9 Å². The number of carboxylic acid groups (broad SMARTS) is 1. The normalized spacial score (nSPS) is 20.5. The van der Waals surface area contributed by atoms with Crippen molar-refractivity contribution < 1.29 is 19.5 Å². The van der Waals surface area contributed by atoms with E-state index in [-0.39, 0.29) is 30.1 Å². The smallest absolute Gasteiger partial charge is 0.407 e. The third-order valence-corrected chi connectivity index (χ3v) is 4.54. The Kier molecular flexibility index (Phi) is 5.59. The van der Waals surface area contributed by atoms with E-state index in [1.54, 1.807) is 0 Å². The maximum atomic E-state index is 11.9. The molecule has 0 radical (unpaired) electrons. The first-order chi connectivity index (χ1) is 10.1. The minimum Gasteiger partial charge on any atom is -0.465 e. The number of carbonyl (C=O) groups excluding carboxylic acids is 2. The molecule has 0 aromatic carbocycles. The molecule has 1 saturated carbocycles. The van der Waals surface area contributed by atoms with Crippen LogP contribution in [0.3, 0.4) is 0 Å². The molecule has 1 heterocycles. The number of carbonyl (C=O) groups is 3. The summed E-state index contributed by atoms with van der Waals surface area (Å²) in [4.78, 5) is 35.9. The highest BCUT2D eigenvalue weighted by molar-refractivity contribution is 5.86. The lowest BCUT2D eigenvalue weighted by Gasteiger charge is -2.30. The van der Waals surface area contributed by atoms with Crippen LogP contribution in [0, 0.1) is 5.92 Å². The Bertz CT molecular complexity index is 396. The van der Waals surface area contributed by atoms with Crippen LogP contribution in [-0.2, 0) is 9.59 Å². The van der Waals surface area contributed by atoms with Gasteiger partial charge in [0.1, 0.15) is 5.78 Å². The molecular weight excluding hydrogens is 272 g/mol. The molecule has 1 aliphatic heterocycles. The first-order valence-electron chi connectivity index (χ1n) is 7.86. The van der Waals surface area contributed by atoms with Gasteiger partial charge in [-0.25, -0.2) is 4.79 Å². The molecule has 0 aromatic rings. The third kappa shape index (κ3) is 4.72. The van der Waals surface area contributed by atoms with Gasteiger partial charge in [-0.05, 0) is 25.7 Å². The number of nitrogens with one attached hydrogen (secondary N) is 1. The molecule has 0 aromatic heterocycles. The van der Waals surface area contributed by atoms with Crippen LogP contribution in [0.15, 0.2) is 0 Å². The van der Waals surface area contributed by atoms with Crippen molar-refractivity contribution in [3.05, 3.63) is 0 Å². The van der Waals surface area contributed by atoms with Gasteiger partial charge in [0.15, 0.2) is 0 Å². The SMILES string of the molecule is O=C(CCC(=O)C1CCCC1)NC1CCN(C(=O)O)CC1. The molecule has 0 atom stereocenters. The van der Waals surface area contributed by atoms with Gasteiger partial charge >= 0.3 is 6.09 Å². The molecule has 2 N–H and O–H groups in total. The predicted molar refractivity (Wildman–Crippen MR) is 77.0 cm³/mol. The minimum absolute atomic E-state index is 0.0367. The predicted octanol–water partition coefficient (Wildman–Crippen LogP) is 1.78. The van der Waals surface area contributed by atoms with Crippen LogP contribution in [0.25, 0.3) is 0 Å². The summed E-state index contributed by atoms with van der Waals surface area (Å²) in [6.45, 7) is 0.919. The fraction of sp³-hybridized carbons (Fsp3) is 0.800. The monoisotopic (exact) mass is 296 g/mol. The summed E-state index contributed by atoms with van der Waals surface area (Å²) < 4.78 is 0. The van der Waals surface area contributed by atoms with E-state index in [0.29, 0.717) is 32.4 Å². The third-order valence-electron chi connectivity index (χ3n) is 4.54. The summed E-state index contributed by atoms with van der Waals surface area (Å²) in [6.07, 6.45) is 5.21. The van der Waals surface area contributed by atoms with Crippen molar-refractivity contribution in [3.63, 3.8) is 0 Å². The lowest BCUT2D eigenvalue weighted by atomic mass is 9.98. The second-order valence-electron chi connectivity index (χ2n) is 6.06. The van der Waals surface area contributed by atoms with E-state index < -0.39 is 6.09 Å². The van der Waals surface area contributed by atoms with E-state index in [1.807, 2.05) is 0 Å². The number of ketones is 1. The van der Waals surface area contributed by atoms with Crippen molar-refractivity contribution >= 4 is 17.8 Å². The number of nitrogens with zero attached hydrogens (tertiary/aromatic N) is 1. The van der Waals surface area contributed by atoms with Gasteiger partial charge in [-0.2, -0.15) is 0 Å². The summed E-state index contributed by atoms with van der Waals surface area (Å²) in [5.41, 5.74) is 0. The molecule has 6 nitrogen and oxygen atoms in total. The molecule has 21 heavy (non-hydrogen) atoms. The van der Waals surface area contributed by atoms with Crippen molar-refractivity contribution in [2.24, 2.45) is 5.92 Å². The van der Waals surface area contributed by atoms with E-state index >= 15 is 0 Å². The molecular formula is C15H24N2O4. The average molecular weight is 296 g/mol. The van der Waals surface area contributed by atoms with E-state index in [1.165, 1.54) is 4.90 Å². The van der Waals surface area contributed by atoms with Gasteiger partial charge in [0.05, 0.1) is 0 Å². The zero-order chi connectivity index (χ0) is 15.2. The molecule has 1 saturated heterocycles. The largest absolute Gasteiger partial charge is 0.465 e. The number of Topliss-reactive ketones (excluding diaryl/α,β-unsaturated/α-hetero) is 1. The van der Waals surface area contributed by atoms with Gasteiger partial charge in [0.25, 0.3) is 0 Å². The van der Waals surface area contributed by atoms with Gasteiger partial charge in [0, 0.05) is 37.9 Å². The molecule has 0 unspecified atom stereocenters. The van der Waals surface area contributed by atoms with Gasteiger partial charge in [-0.15, -0.1) is 0 Å². The van der Waals surface area contributed by atoms with E-state index in [4.69, 9.17) is 5.11 Å². The van der Waals surface area contributed by atoms with E-state index in [9.17, 15) is 14.4 Å². The zero-order valence-corrected chi connectivity index (χ0v) is 12.3. The maximum absolute atomic E-state index is 11.9. The number of likely N-dealkylation sites (tertiary alicyclic amines) is 1. The van der Waals surface area contributed by atoms with Crippen LogP contribution in [0.5, 0.6) is 0 Å². The highest BCUT2D eigenvalue weighted by Gasteiger charge is 2.25. The van der Waals surface area contributed by atoms with Gasteiger partial charge < -0.3 is 15.3 Å². The summed E-state index contributed by atoms with van der Waals surface area (Å²) in [5.74, 6) is 0.315. The molecule has 2 rings (SSSR count). The first kappa shape index (κ1) is 15.8. The second kappa shape index (κ2) is 7.43. The number of piperidine rings is 1. The van der Waals surface area contributed by atoms with Crippen LogP contribution in [0.2, 0.25) is 0 Å². The first-order valence-corrected chi connectivity index (χ1v) is 7.86. The van der Waals surface area contributed by atoms with Gasteiger partial charge in [0.2, 0.25) is 5.91 Å². The Balaban J connectivity index is 1.63. The lowest BCUT2D eigenvalue weighted by Crippen LogP contribution is -2.46. The van der Waals surface area contributed by atoms with Crippen molar-refractivity contribution in [2.45, 2.75) is 57.4 Å². The van der Waals surface area contributed by atoms with Gasteiger partial charge in [-0.1, -0.05) is 12.8 Å². The molecule has 2 aliphatic rings. The topological polar surface area (TPSA) is 86.7 Å². The van der Waals surface area contributed by atoms with Crippen LogP contribution >= 0.6 is 0 Å². The van der Waals surface area contributed by atoms with Crippen molar-refractivity contribution in [1.82, 2.24) is 10.2 Å². The number of rotatable bonds is 5. The van der Waals surface area contributed by atoms with Crippen LogP contribution in [0.4, 0.5) is 4.79 Å². The lowest BCUT2D eigenvalue weighted by molar-refractivity contribution is -0.127. The number of amides is 2.